The van der Waals surface area contributed by atoms with Gasteiger partial charge < -0.3 is 9.64 Å². The molecular weight excluding hydrogens is 247 g/mol. The van der Waals surface area contributed by atoms with E-state index in [0.29, 0.717) is 12.5 Å². The van der Waals surface area contributed by atoms with Gasteiger partial charge in [-0.25, -0.2) is 4.79 Å². The van der Waals surface area contributed by atoms with Crippen LogP contribution < -0.4 is 0 Å². The van der Waals surface area contributed by atoms with E-state index in [4.69, 9.17) is 0 Å². The standard InChI is InChI=1S/C12H18F3NO2/c13-12(14,15)8-18-11(17)16-7-3-5-9-4-1-2-6-10(9)16/h9-10H,1-8H2/t9-,10-/m1/s1. The highest BCUT2D eigenvalue weighted by molar-refractivity contribution is 5.68. The highest BCUT2D eigenvalue weighted by atomic mass is 19.4. The summed E-state index contributed by atoms with van der Waals surface area (Å²) in [7, 11) is 0. The van der Waals surface area contributed by atoms with E-state index >= 15 is 0 Å². The maximum atomic E-state index is 12.0. The number of carbonyl (C=O) groups excluding carboxylic acids is 1. The van der Waals surface area contributed by atoms with Crippen molar-refractivity contribution in [3.63, 3.8) is 0 Å². The minimum absolute atomic E-state index is 0.0910. The van der Waals surface area contributed by atoms with Crippen LogP contribution in [0.2, 0.25) is 0 Å². The van der Waals surface area contributed by atoms with Gasteiger partial charge in [0.1, 0.15) is 0 Å². The minimum atomic E-state index is -4.45. The molecule has 2 rings (SSSR count). The van der Waals surface area contributed by atoms with E-state index in [-0.39, 0.29) is 6.04 Å². The zero-order valence-electron chi connectivity index (χ0n) is 10.2. The molecule has 0 bridgehead atoms. The molecule has 1 saturated carbocycles. The molecule has 1 aliphatic heterocycles. The van der Waals surface area contributed by atoms with Crippen molar-refractivity contribution >= 4 is 6.09 Å². The SMILES string of the molecule is O=C(OCC(F)(F)F)N1CCC[C@H]2CCCC[C@H]21. The van der Waals surface area contributed by atoms with Crippen molar-refractivity contribution in [2.24, 2.45) is 5.92 Å². The molecule has 0 spiro atoms. The number of ether oxygens (including phenoxy) is 1. The molecule has 0 radical (unpaired) electrons. The molecule has 2 aliphatic rings. The Morgan fingerprint density at radius 2 is 1.83 bits per heavy atom. The Hall–Kier alpha value is -0.940. The number of rotatable bonds is 1. The van der Waals surface area contributed by atoms with E-state index in [1.54, 1.807) is 0 Å². The van der Waals surface area contributed by atoms with Crippen LogP contribution in [-0.4, -0.2) is 36.4 Å². The van der Waals surface area contributed by atoms with Crippen LogP contribution >= 0.6 is 0 Å². The van der Waals surface area contributed by atoms with Crippen LogP contribution in [0.15, 0.2) is 0 Å². The Kier molecular flexibility index (Phi) is 4.02. The van der Waals surface area contributed by atoms with Crippen LogP contribution in [0.3, 0.4) is 0 Å². The molecule has 0 aromatic rings. The summed E-state index contributed by atoms with van der Waals surface area (Å²) < 4.78 is 40.4. The van der Waals surface area contributed by atoms with Crippen LogP contribution in [0, 0.1) is 5.92 Å². The van der Waals surface area contributed by atoms with Crippen LogP contribution in [0.4, 0.5) is 18.0 Å². The summed E-state index contributed by atoms with van der Waals surface area (Å²) in [6, 6.07) is 0.0910. The van der Waals surface area contributed by atoms with Crippen LogP contribution in [0.5, 0.6) is 0 Å². The molecule has 1 saturated heterocycles. The van der Waals surface area contributed by atoms with Crippen molar-refractivity contribution < 1.29 is 22.7 Å². The Morgan fingerprint density at radius 1 is 1.17 bits per heavy atom. The number of fused-ring (bicyclic) bond motifs is 1. The van der Waals surface area contributed by atoms with Crippen molar-refractivity contribution in [1.82, 2.24) is 4.90 Å². The second-order valence-electron chi connectivity index (χ2n) is 5.12. The first kappa shape index (κ1) is 13.5. The molecule has 18 heavy (non-hydrogen) atoms. The highest BCUT2D eigenvalue weighted by Crippen LogP contribution is 2.35. The quantitative estimate of drug-likeness (QED) is 0.727. The average molecular weight is 265 g/mol. The molecular formula is C12H18F3NO2. The summed E-state index contributed by atoms with van der Waals surface area (Å²) in [5.41, 5.74) is 0. The van der Waals surface area contributed by atoms with Gasteiger partial charge >= 0.3 is 12.3 Å². The fourth-order valence-electron chi connectivity index (χ4n) is 3.08. The van der Waals surface area contributed by atoms with Crippen molar-refractivity contribution in [3.05, 3.63) is 0 Å². The lowest BCUT2D eigenvalue weighted by atomic mass is 9.78. The second-order valence-corrected chi connectivity index (χ2v) is 5.12. The van der Waals surface area contributed by atoms with Gasteiger partial charge in [0.2, 0.25) is 0 Å². The number of amides is 1. The van der Waals surface area contributed by atoms with Gasteiger partial charge in [-0.15, -0.1) is 0 Å². The number of halogens is 3. The third kappa shape index (κ3) is 3.29. The number of piperidine rings is 1. The summed E-state index contributed by atoms with van der Waals surface area (Å²) in [4.78, 5) is 13.2. The van der Waals surface area contributed by atoms with E-state index < -0.39 is 18.9 Å². The molecule has 0 N–H and O–H groups in total. The Morgan fingerprint density at radius 3 is 2.56 bits per heavy atom. The fourth-order valence-corrected chi connectivity index (χ4v) is 3.08. The summed E-state index contributed by atoms with van der Waals surface area (Å²) in [5, 5.41) is 0. The van der Waals surface area contributed by atoms with Gasteiger partial charge in [-0.3, -0.25) is 0 Å². The van der Waals surface area contributed by atoms with Gasteiger partial charge in [0.25, 0.3) is 0 Å². The van der Waals surface area contributed by atoms with E-state index in [1.165, 1.54) is 4.90 Å². The van der Waals surface area contributed by atoms with Crippen molar-refractivity contribution in [3.8, 4) is 0 Å². The molecule has 3 nitrogen and oxygen atoms in total. The lowest BCUT2D eigenvalue weighted by Gasteiger charge is -2.43. The van der Waals surface area contributed by atoms with Gasteiger partial charge in [-0.05, 0) is 31.6 Å². The summed E-state index contributed by atoms with van der Waals surface area (Å²) >= 11 is 0. The maximum absolute atomic E-state index is 12.0. The van der Waals surface area contributed by atoms with Gasteiger partial charge in [0.15, 0.2) is 6.61 Å². The van der Waals surface area contributed by atoms with Crippen LogP contribution in [-0.2, 0) is 4.74 Å². The first-order valence-electron chi connectivity index (χ1n) is 6.47. The summed E-state index contributed by atoms with van der Waals surface area (Å²) in [6.07, 6.45) is 0.868. The predicted octanol–water partition coefficient (Wildman–Crippen LogP) is 3.34. The third-order valence-corrected chi connectivity index (χ3v) is 3.84. The number of nitrogens with zero attached hydrogens (tertiary/aromatic N) is 1. The van der Waals surface area contributed by atoms with Gasteiger partial charge in [-0.1, -0.05) is 12.8 Å². The number of alkyl halides is 3. The first-order chi connectivity index (χ1) is 8.47. The molecule has 6 heteroatoms. The Bertz CT molecular complexity index is 304. The summed E-state index contributed by atoms with van der Waals surface area (Å²) in [6.45, 7) is -0.961. The van der Waals surface area contributed by atoms with Crippen LogP contribution in [0.25, 0.3) is 0 Å². The molecule has 104 valence electrons. The van der Waals surface area contributed by atoms with Gasteiger partial charge in [0, 0.05) is 12.6 Å². The normalized spacial score (nSPS) is 28.7. The third-order valence-electron chi connectivity index (χ3n) is 3.84. The Labute approximate surface area is 104 Å². The van der Waals surface area contributed by atoms with Gasteiger partial charge in [0.05, 0.1) is 0 Å². The molecule has 1 amide bonds. The van der Waals surface area contributed by atoms with Crippen molar-refractivity contribution in [2.45, 2.75) is 50.7 Å². The molecule has 1 aliphatic carbocycles. The molecule has 0 aromatic carbocycles. The van der Waals surface area contributed by atoms with Crippen molar-refractivity contribution in [2.75, 3.05) is 13.2 Å². The first-order valence-corrected chi connectivity index (χ1v) is 6.47. The second kappa shape index (κ2) is 5.36. The van der Waals surface area contributed by atoms with Gasteiger partial charge in [-0.2, -0.15) is 13.2 Å². The molecule has 2 atom stereocenters. The number of hydrogen-bond donors (Lipinski definition) is 0. The highest BCUT2D eigenvalue weighted by Gasteiger charge is 2.38. The predicted molar refractivity (Wildman–Crippen MR) is 59.1 cm³/mol. The van der Waals surface area contributed by atoms with E-state index in [0.717, 1.165) is 38.5 Å². The maximum Gasteiger partial charge on any atom is 0.422 e. The number of likely N-dealkylation sites (tertiary alicyclic amines) is 1. The smallest absolute Gasteiger partial charge is 0.422 e. The zero-order chi connectivity index (χ0) is 13.2. The average Bonchev–Trinajstić information content (AvgIpc) is 2.34. The molecule has 0 unspecified atom stereocenters. The molecule has 0 aromatic heterocycles. The van der Waals surface area contributed by atoms with Crippen LogP contribution in [0.1, 0.15) is 38.5 Å². The Balaban J connectivity index is 1.91. The number of carbonyl (C=O) groups is 1. The lowest BCUT2D eigenvalue weighted by molar-refractivity contribution is -0.163. The fraction of sp³-hybridized carbons (Fsp3) is 0.917. The molecule has 1 heterocycles. The number of hydrogen-bond acceptors (Lipinski definition) is 2. The van der Waals surface area contributed by atoms with E-state index in [9.17, 15) is 18.0 Å². The lowest BCUT2D eigenvalue weighted by Crippen LogP contribution is -2.50. The zero-order valence-corrected chi connectivity index (χ0v) is 10.2. The monoisotopic (exact) mass is 265 g/mol. The summed E-state index contributed by atoms with van der Waals surface area (Å²) in [5.74, 6) is 0.450. The molecule has 2 fully saturated rings. The van der Waals surface area contributed by atoms with E-state index in [1.807, 2.05) is 0 Å². The van der Waals surface area contributed by atoms with E-state index in [2.05, 4.69) is 4.74 Å². The topological polar surface area (TPSA) is 29.5 Å². The minimum Gasteiger partial charge on any atom is -0.440 e. The largest absolute Gasteiger partial charge is 0.440 e. The van der Waals surface area contributed by atoms with Crippen molar-refractivity contribution in [1.29, 1.82) is 0 Å².